The van der Waals surface area contributed by atoms with Gasteiger partial charge in [-0.15, -0.1) is 0 Å². The second kappa shape index (κ2) is 6.81. The first-order chi connectivity index (χ1) is 11.3. The normalized spacial score (nSPS) is 19.3. The number of nitriles is 1. The molecular formula is C17H19F3N2O2. The zero-order chi connectivity index (χ0) is 17.8. The SMILES string of the molecule is N#CC1(C(=O)NCC[C@](O)(c2ccccc2)C(F)(F)F)CCCC1. The van der Waals surface area contributed by atoms with E-state index in [2.05, 4.69) is 5.32 Å². The number of hydrogen-bond donors (Lipinski definition) is 2. The van der Waals surface area contributed by atoms with Crippen molar-refractivity contribution in [1.29, 1.82) is 5.26 Å². The molecule has 0 aromatic heterocycles. The summed E-state index contributed by atoms with van der Waals surface area (Å²) in [6, 6.07) is 8.76. The van der Waals surface area contributed by atoms with Crippen LogP contribution < -0.4 is 5.32 Å². The maximum absolute atomic E-state index is 13.3. The molecule has 0 saturated heterocycles. The van der Waals surface area contributed by atoms with E-state index in [0.717, 1.165) is 12.8 Å². The predicted octanol–water partition coefficient (Wildman–Crippen LogP) is 3.03. The summed E-state index contributed by atoms with van der Waals surface area (Å²) < 4.78 is 40.0. The first-order valence-electron chi connectivity index (χ1n) is 7.79. The Morgan fingerprint density at radius 1 is 1.25 bits per heavy atom. The third-order valence-electron chi connectivity index (χ3n) is 4.60. The van der Waals surface area contributed by atoms with Gasteiger partial charge in [0, 0.05) is 13.0 Å². The second-order valence-corrected chi connectivity index (χ2v) is 6.13. The van der Waals surface area contributed by atoms with Gasteiger partial charge in [0.25, 0.3) is 0 Å². The maximum atomic E-state index is 13.3. The van der Waals surface area contributed by atoms with E-state index in [4.69, 9.17) is 0 Å². The zero-order valence-electron chi connectivity index (χ0n) is 13.1. The van der Waals surface area contributed by atoms with E-state index in [0.29, 0.717) is 12.8 Å². The lowest BCUT2D eigenvalue weighted by Crippen LogP contribution is -2.46. The van der Waals surface area contributed by atoms with E-state index in [-0.39, 0.29) is 12.1 Å². The van der Waals surface area contributed by atoms with Gasteiger partial charge in [0.2, 0.25) is 5.91 Å². The minimum absolute atomic E-state index is 0.275. The van der Waals surface area contributed by atoms with Gasteiger partial charge in [-0.3, -0.25) is 4.79 Å². The number of carbonyl (C=O) groups excluding carboxylic acids is 1. The van der Waals surface area contributed by atoms with Crippen LogP contribution in [-0.2, 0) is 10.4 Å². The van der Waals surface area contributed by atoms with Crippen molar-refractivity contribution < 1.29 is 23.1 Å². The van der Waals surface area contributed by atoms with E-state index in [9.17, 15) is 28.3 Å². The summed E-state index contributed by atoms with van der Waals surface area (Å²) in [5.41, 5.74) is -4.47. The Bertz CT molecular complexity index is 619. The number of alkyl halides is 3. The molecule has 1 aliphatic rings. The van der Waals surface area contributed by atoms with Gasteiger partial charge in [-0.05, 0) is 18.4 Å². The van der Waals surface area contributed by atoms with Crippen LogP contribution >= 0.6 is 0 Å². The number of nitrogens with zero attached hydrogens (tertiary/aromatic N) is 1. The standard InChI is InChI=1S/C17H19F3N2O2/c18-17(19,20)16(24,13-6-2-1-3-7-13)10-11-22-14(23)15(12-21)8-4-5-9-15/h1-3,6-7,24H,4-5,8-11H2,(H,22,23)/t16-/m0/s1. The quantitative estimate of drug-likeness (QED) is 0.865. The summed E-state index contributed by atoms with van der Waals surface area (Å²) in [6.07, 6.45) is -3.27. The van der Waals surface area contributed by atoms with Crippen LogP contribution in [-0.4, -0.2) is 23.7 Å². The first-order valence-corrected chi connectivity index (χ1v) is 7.79. The van der Waals surface area contributed by atoms with Crippen LogP contribution in [0, 0.1) is 16.7 Å². The van der Waals surface area contributed by atoms with Crippen molar-refractivity contribution in [1.82, 2.24) is 5.32 Å². The highest BCUT2D eigenvalue weighted by atomic mass is 19.4. The van der Waals surface area contributed by atoms with Crippen LogP contribution in [0.3, 0.4) is 0 Å². The number of benzene rings is 1. The molecule has 1 saturated carbocycles. The number of nitrogens with one attached hydrogen (secondary N) is 1. The average Bonchev–Trinajstić information content (AvgIpc) is 3.04. The molecule has 0 heterocycles. The van der Waals surface area contributed by atoms with Crippen molar-refractivity contribution >= 4 is 5.91 Å². The molecule has 0 radical (unpaired) electrons. The predicted molar refractivity (Wildman–Crippen MR) is 80.5 cm³/mol. The summed E-state index contributed by atoms with van der Waals surface area (Å²) in [6.45, 7) is -0.368. The number of halogens is 3. The van der Waals surface area contributed by atoms with Crippen LogP contribution in [0.2, 0.25) is 0 Å². The van der Waals surface area contributed by atoms with Gasteiger partial charge in [-0.25, -0.2) is 0 Å². The number of aliphatic hydroxyl groups is 1. The van der Waals surface area contributed by atoms with Crippen molar-refractivity contribution in [3.8, 4) is 6.07 Å². The molecule has 2 N–H and O–H groups in total. The molecule has 24 heavy (non-hydrogen) atoms. The molecule has 0 spiro atoms. The van der Waals surface area contributed by atoms with Gasteiger partial charge < -0.3 is 10.4 Å². The van der Waals surface area contributed by atoms with Gasteiger partial charge in [0.05, 0.1) is 6.07 Å². The molecule has 1 aliphatic carbocycles. The van der Waals surface area contributed by atoms with Gasteiger partial charge in [-0.1, -0.05) is 43.2 Å². The number of carbonyl (C=O) groups is 1. The minimum Gasteiger partial charge on any atom is -0.376 e. The highest BCUT2D eigenvalue weighted by Crippen LogP contribution is 2.41. The van der Waals surface area contributed by atoms with Crippen molar-refractivity contribution in [3.05, 3.63) is 35.9 Å². The lowest BCUT2D eigenvalue weighted by molar-refractivity contribution is -0.268. The van der Waals surface area contributed by atoms with Crippen LogP contribution in [0.15, 0.2) is 30.3 Å². The maximum Gasteiger partial charge on any atom is 0.421 e. The topological polar surface area (TPSA) is 73.1 Å². The molecule has 7 heteroatoms. The summed E-state index contributed by atoms with van der Waals surface area (Å²) in [7, 11) is 0. The number of amides is 1. The Morgan fingerprint density at radius 2 is 1.83 bits per heavy atom. The minimum atomic E-state index is -4.88. The van der Waals surface area contributed by atoms with Crippen LogP contribution in [0.4, 0.5) is 13.2 Å². The fourth-order valence-electron chi connectivity index (χ4n) is 3.06. The van der Waals surface area contributed by atoms with E-state index in [1.54, 1.807) is 6.07 Å². The first kappa shape index (κ1) is 18.3. The fraction of sp³-hybridized carbons (Fsp3) is 0.529. The summed E-state index contributed by atoms with van der Waals surface area (Å²) >= 11 is 0. The molecule has 0 unspecified atom stereocenters. The Kier molecular flexibility index (Phi) is 5.19. The third-order valence-corrected chi connectivity index (χ3v) is 4.60. The zero-order valence-corrected chi connectivity index (χ0v) is 13.1. The lowest BCUT2D eigenvalue weighted by Gasteiger charge is -2.31. The molecule has 1 aromatic carbocycles. The van der Waals surface area contributed by atoms with Crippen molar-refractivity contribution in [2.24, 2.45) is 5.41 Å². The second-order valence-electron chi connectivity index (χ2n) is 6.13. The molecule has 130 valence electrons. The number of rotatable bonds is 5. The highest BCUT2D eigenvalue weighted by Gasteiger charge is 2.54. The van der Waals surface area contributed by atoms with Gasteiger partial charge in [0.15, 0.2) is 5.60 Å². The lowest BCUT2D eigenvalue weighted by atomic mass is 9.86. The molecule has 1 aromatic rings. The molecule has 0 bridgehead atoms. The van der Waals surface area contributed by atoms with E-state index in [1.165, 1.54) is 24.3 Å². The van der Waals surface area contributed by atoms with Crippen LogP contribution in [0.25, 0.3) is 0 Å². The van der Waals surface area contributed by atoms with E-state index in [1.807, 2.05) is 6.07 Å². The molecular weight excluding hydrogens is 321 g/mol. The summed E-state index contributed by atoms with van der Waals surface area (Å²) in [5.74, 6) is -0.555. The Labute approximate surface area is 138 Å². The van der Waals surface area contributed by atoms with E-state index < -0.39 is 29.5 Å². The van der Waals surface area contributed by atoms with Crippen molar-refractivity contribution in [3.63, 3.8) is 0 Å². The average molecular weight is 340 g/mol. The van der Waals surface area contributed by atoms with Crippen LogP contribution in [0.1, 0.15) is 37.7 Å². The summed E-state index contributed by atoms with van der Waals surface area (Å²) in [4.78, 5) is 12.2. The van der Waals surface area contributed by atoms with Gasteiger partial charge >= 0.3 is 6.18 Å². The molecule has 4 nitrogen and oxygen atoms in total. The largest absolute Gasteiger partial charge is 0.421 e. The Morgan fingerprint density at radius 3 is 2.33 bits per heavy atom. The van der Waals surface area contributed by atoms with E-state index >= 15 is 0 Å². The molecule has 2 rings (SSSR count). The van der Waals surface area contributed by atoms with Crippen molar-refractivity contribution in [2.75, 3.05) is 6.54 Å². The molecule has 0 aliphatic heterocycles. The van der Waals surface area contributed by atoms with Crippen molar-refractivity contribution in [2.45, 2.75) is 43.9 Å². The third kappa shape index (κ3) is 3.39. The summed E-state index contributed by atoms with van der Waals surface area (Å²) in [5, 5.41) is 21.8. The Balaban J connectivity index is 2.07. The Hall–Kier alpha value is -2.07. The molecule has 1 atom stereocenters. The fourth-order valence-corrected chi connectivity index (χ4v) is 3.06. The highest BCUT2D eigenvalue weighted by molar-refractivity contribution is 5.85. The van der Waals surface area contributed by atoms with Gasteiger partial charge in [-0.2, -0.15) is 18.4 Å². The molecule has 1 fully saturated rings. The monoisotopic (exact) mass is 340 g/mol. The molecule has 1 amide bonds. The van der Waals surface area contributed by atoms with Gasteiger partial charge in [0.1, 0.15) is 5.41 Å². The smallest absolute Gasteiger partial charge is 0.376 e. The number of hydrogen-bond acceptors (Lipinski definition) is 3. The van der Waals surface area contributed by atoms with Crippen LogP contribution in [0.5, 0.6) is 0 Å².